The highest BCUT2D eigenvalue weighted by molar-refractivity contribution is 6.34. The minimum atomic E-state index is -0.325. The highest BCUT2D eigenvalue weighted by atomic mass is 35.5. The summed E-state index contributed by atoms with van der Waals surface area (Å²) in [5.41, 5.74) is 1.46. The van der Waals surface area contributed by atoms with Crippen LogP contribution in [0.5, 0.6) is 5.75 Å². The first-order valence-electron chi connectivity index (χ1n) is 6.59. The number of hydrogen-bond donors (Lipinski definition) is 3. The lowest BCUT2D eigenvalue weighted by atomic mass is 10.1. The summed E-state index contributed by atoms with van der Waals surface area (Å²) in [6.45, 7) is 0. The molecule has 0 aromatic heterocycles. The summed E-state index contributed by atoms with van der Waals surface area (Å²) in [7, 11) is 1.51. The van der Waals surface area contributed by atoms with Gasteiger partial charge in [0.1, 0.15) is 5.75 Å². The predicted octanol–water partition coefficient (Wildman–Crippen LogP) is 2.59. The van der Waals surface area contributed by atoms with Crippen LogP contribution in [0, 0.1) is 0 Å². The van der Waals surface area contributed by atoms with E-state index in [9.17, 15) is 14.7 Å². The number of nitrogens with one attached hydrogen (secondary N) is 2. The maximum atomic E-state index is 12.0. The molecule has 0 spiro atoms. The summed E-state index contributed by atoms with van der Waals surface area (Å²) >= 11 is 5.95. The van der Waals surface area contributed by atoms with Crippen LogP contribution in [-0.4, -0.2) is 24.0 Å². The summed E-state index contributed by atoms with van der Waals surface area (Å²) < 4.78 is 0. The maximum absolute atomic E-state index is 12.0. The average Bonchev–Trinajstić information content (AvgIpc) is 2.48. The first-order chi connectivity index (χ1) is 10.5. The van der Waals surface area contributed by atoms with Crippen molar-refractivity contribution in [3.8, 4) is 5.75 Å². The van der Waals surface area contributed by atoms with Gasteiger partial charge in [-0.15, -0.1) is 0 Å². The number of phenols is 1. The van der Waals surface area contributed by atoms with Crippen molar-refractivity contribution >= 4 is 29.1 Å². The molecule has 2 aromatic carbocycles. The maximum Gasteiger partial charge on any atom is 0.252 e. The number of carbonyl (C=O) groups excluding carboxylic acids is 2. The summed E-state index contributed by atoms with van der Waals surface area (Å²) in [6, 6.07) is 11.2. The molecule has 0 atom stereocenters. The van der Waals surface area contributed by atoms with Gasteiger partial charge in [0, 0.05) is 12.7 Å². The highest BCUT2D eigenvalue weighted by Gasteiger charge is 2.11. The molecule has 0 radical (unpaired) electrons. The zero-order valence-electron chi connectivity index (χ0n) is 11.9. The van der Waals surface area contributed by atoms with Gasteiger partial charge in [-0.1, -0.05) is 23.7 Å². The second kappa shape index (κ2) is 6.95. The molecule has 0 aliphatic carbocycles. The van der Waals surface area contributed by atoms with E-state index in [1.54, 1.807) is 24.3 Å². The lowest BCUT2D eigenvalue weighted by molar-refractivity contribution is -0.115. The number of amides is 2. The fourth-order valence-corrected chi connectivity index (χ4v) is 2.17. The van der Waals surface area contributed by atoms with Crippen molar-refractivity contribution in [1.82, 2.24) is 5.32 Å². The SMILES string of the molecule is CNC(=O)c1cc(NC(=O)Cc2cccc(O)c2)ccc1Cl. The van der Waals surface area contributed by atoms with Gasteiger partial charge in [0.2, 0.25) is 5.91 Å². The fourth-order valence-electron chi connectivity index (χ4n) is 1.97. The number of aromatic hydroxyl groups is 1. The number of hydrogen-bond acceptors (Lipinski definition) is 3. The number of carbonyl (C=O) groups is 2. The molecule has 0 aliphatic heterocycles. The van der Waals surface area contributed by atoms with E-state index in [1.807, 2.05) is 0 Å². The van der Waals surface area contributed by atoms with E-state index in [0.29, 0.717) is 21.8 Å². The predicted molar refractivity (Wildman–Crippen MR) is 85.3 cm³/mol. The summed E-state index contributed by atoms with van der Waals surface area (Å²) in [5, 5.41) is 14.9. The number of benzene rings is 2. The molecular formula is C16H15ClN2O3. The quantitative estimate of drug-likeness (QED) is 0.810. The Balaban J connectivity index is 2.10. The molecular weight excluding hydrogens is 304 g/mol. The monoisotopic (exact) mass is 318 g/mol. The van der Waals surface area contributed by atoms with Crippen molar-refractivity contribution in [2.24, 2.45) is 0 Å². The van der Waals surface area contributed by atoms with Gasteiger partial charge in [-0.25, -0.2) is 0 Å². The Morgan fingerprint density at radius 1 is 1.18 bits per heavy atom. The minimum Gasteiger partial charge on any atom is -0.508 e. The summed E-state index contributed by atoms with van der Waals surface area (Å²) in [6.07, 6.45) is 0.117. The Hall–Kier alpha value is -2.53. The first kappa shape index (κ1) is 15.9. The van der Waals surface area contributed by atoms with E-state index in [1.165, 1.54) is 25.2 Å². The molecule has 0 heterocycles. The van der Waals surface area contributed by atoms with Crippen LogP contribution in [0.15, 0.2) is 42.5 Å². The number of halogens is 1. The number of anilines is 1. The third-order valence-electron chi connectivity index (χ3n) is 3.00. The van der Waals surface area contributed by atoms with Gasteiger partial charge in [-0.05, 0) is 35.9 Å². The second-order valence-corrected chi connectivity index (χ2v) is 5.08. The van der Waals surface area contributed by atoms with Gasteiger partial charge in [0.15, 0.2) is 0 Å². The Labute approximate surface area is 132 Å². The Kier molecular flexibility index (Phi) is 5.01. The van der Waals surface area contributed by atoms with Gasteiger partial charge in [0.05, 0.1) is 17.0 Å². The molecule has 3 N–H and O–H groups in total. The molecule has 2 amide bonds. The van der Waals surface area contributed by atoms with E-state index in [4.69, 9.17) is 11.6 Å². The molecule has 5 nitrogen and oxygen atoms in total. The van der Waals surface area contributed by atoms with Gasteiger partial charge >= 0.3 is 0 Å². The minimum absolute atomic E-state index is 0.110. The van der Waals surface area contributed by atoms with Crippen molar-refractivity contribution in [2.75, 3.05) is 12.4 Å². The molecule has 0 fully saturated rings. The number of rotatable bonds is 4. The van der Waals surface area contributed by atoms with Crippen molar-refractivity contribution in [3.63, 3.8) is 0 Å². The summed E-state index contributed by atoms with van der Waals surface area (Å²) in [4.78, 5) is 23.7. The first-order valence-corrected chi connectivity index (χ1v) is 6.97. The third kappa shape index (κ3) is 3.99. The largest absolute Gasteiger partial charge is 0.508 e. The summed E-state index contributed by atoms with van der Waals surface area (Å²) in [5.74, 6) is -0.469. The van der Waals surface area contributed by atoms with Crippen LogP contribution in [0.2, 0.25) is 5.02 Å². The van der Waals surface area contributed by atoms with Crippen LogP contribution in [0.1, 0.15) is 15.9 Å². The van der Waals surface area contributed by atoms with E-state index in [2.05, 4.69) is 10.6 Å². The normalized spacial score (nSPS) is 10.1. The Bertz CT molecular complexity index is 716. The van der Waals surface area contributed by atoms with Crippen LogP contribution in [-0.2, 0) is 11.2 Å². The second-order valence-electron chi connectivity index (χ2n) is 4.67. The molecule has 2 rings (SSSR count). The van der Waals surface area contributed by atoms with E-state index in [-0.39, 0.29) is 24.0 Å². The molecule has 2 aromatic rings. The van der Waals surface area contributed by atoms with E-state index < -0.39 is 0 Å². The van der Waals surface area contributed by atoms with Crippen LogP contribution >= 0.6 is 11.6 Å². The highest BCUT2D eigenvalue weighted by Crippen LogP contribution is 2.21. The fraction of sp³-hybridized carbons (Fsp3) is 0.125. The molecule has 0 saturated heterocycles. The van der Waals surface area contributed by atoms with Crippen LogP contribution in [0.4, 0.5) is 5.69 Å². The van der Waals surface area contributed by atoms with Crippen molar-refractivity contribution in [2.45, 2.75) is 6.42 Å². The topological polar surface area (TPSA) is 78.4 Å². The van der Waals surface area contributed by atoms with E-state index in [0.717, 1.165) is 0 Å². The van der Waals surface area contributed by atoms with Crippen molar-refractivity contribution < 1.29 is 14.7 Å². The lowest BCUT2D eigenvalue weighted by Crippen LogP contribution is -2.19. The standard InChI is InChI=1S/C16H15ClN2O3/c1-18-16(22)13-9-11(5-6-14(13)17)19-15(21)8-10-3-2-4-12(20)7-10/h2-7,9,20H,8H2,1H3,(H,18,22)(H,19,21). The lowest BCUT2D eigenvalue weighted by Gasteiger charge is -2.09. The van der Waals surface area contributed by atoms with Gasteiger partial charge in [0.25, 0.3) is 5.91 Å². The molecule has 6 heteroatoms. The molecule has 0 aliphatic rings. The van der Waals surface area contributed by atoms with Gasteiger partial charge in [-0.2, -0.15) is 0 Å². The van der Waals surface area contributed by atoms with Crippen LogP contribution < -0.4 is 10.6 Å². The zero-order valence-corrected chi connectivity index (χ0v) is 12.6. The zero-order chi connectivity index (χ0) is 16.1. The van der Waals surface area contributed by atoms with E-state index >= 15 is 0 Å². The Morgan fingerprint density at radius 3 is 2.64 bits per heavy atom. The van der Waals surface area contributed by atoms with Crippen molar-refractivity contribution in [1.29, 1.82) is 0 Å². The molecule has 114 valence electrons. The van der Waals surface area contributed by atoms with Crippen LogP contribution in [0.25, 0.3) is 0 Å². The number of phenolic OH excluding ortho intramolecular Hbond substituents is 1. The third-order valence-corrected chi connectivity index (χ3v) is 3.33. The van der Waals surface area contributed by atoms with Gasteiger partial charge < -0.3 is 15.7 Å². The van der Waals surface area contributed by atoms with Crippen LogP contribution in [0.3, 0.4) is 0 Å². The Morgan fingerprint density at radius 2 is 1.95 bits per heavy atom. The van der Waals surface area contributed by atoms with Gasteiger partial charge in [-0.3, -0.25) is 9.59 Å². The molecule has 22 heavy (non-hydrogen) atoms. The van der Waals surface area contributed by atoms with Crippen molar-refractivity contribution in [3.05, 3.63) is 58.6 Å². The smallest absolute Gasteiger partial charge is 0.252 e. The molecule has 0 unspecified atom stereocenters. The molecule has 0 bridgehead atoms. The molecule has 0 saturated carbocycles. The average molecular weight is 319 g/mol.